The van der Waals surface area contributed by atoms with Gasteiger partial charge in [-0.3, -0.25) is 4.79 Å². The van der Waals surface area contributed by atoms with Gasteiger partial charge >= 0.3 is 5.97 Å². The van der Waals surface area contributed by atoms with E-state index in [1.165, 1.54) is 27.4 Å². The van der Waals surface area contributed by atoms with Gasteiger partial charge in [0, 0.05) is 11.8 Å². The smallest absolute Gasteiger partial charge is 0.338 e. The molecule has 0 heterocycles. The predicted molar refractivity (Wildman–Crippen MR) is 120 cm³/mol. The summed E-state index contributed by atoms with van der Waals surface area (Å²) in [5.74, 6) is 0.800. The number of nitrogens with one attached hydrogen (secondary N) is 1. The van der Waals surface area contributed by atoms with Crippen LogP contribution in [0, 0.1) is 0 Å². The van der Waals surface area contributed by atoms with Crippen LogP contribution < -0.4 is 19.5 Å². The molecule has 0 aromatic heterocycles. The first kappa shape index (κ1) is 23.8. The Balaban J connectivity index is 1.98. The molecule has 166 valence electrons. The first-order valence-electron chi connectivity index (χ1n) is 10.1. The number of esters is 1. The van der Waals surface area contributed by atoms with Crippen molar-refractivity contribution in [3.63, 3.8) is 0 Å². The van der Waals surface area contributed by atoms with Crippen LogP contribution >= 0.6 is 0 Å². The largest absolute Gasteiger partial charge is 0.493 e. The average Bonchev–Trinajstić information content (AvgIpc) is 2.80. The molecule has 1 amide bonds. The number of ether oxygens (including phenoxy) is 4. The summed E-state index contributed by atoms with van der Waals surface area (Å²) in [6.07, 6.45) is 5.99. The maximum absolute atomic E-state index is 12.3. The summed E-state index contributed by atoms with van der Waals surface area (Å²) in [6.45, 7) is 2.51. The first-order valence-corrected chi connectivity index (χ1v) is 10.1. The average molecular weight is 427 g/mol. The summed E-state index contributed by atoms with van der Waals surface area (Å²) < 4.78 is 21.1. The minimum atomic E-state index is -0.365. The van der Waals surface area contributed by atoms with Crippen molar-refractivity contribution in [3.05, 3.63) is 53.6 Å². The van der Waals surface area contributed by atoms with Crippen LogP contribution in [0.4, 0.5) is 5.69 Å². The Morgan fingerprint density at radius 2 is 1.58 bits per heavy atom. The highest BCUT2D eigenvalue weighted by Gasteiger charge is 2.12. The second-order valence-corrected chi connectivity index (χ2v) is 6.70. The van der Waals surface area contributed by atoms with Crippen LogP contribution in [0.15, 0.2) is 42.5 Å². The quantitative estimate of drug-likeness (QED) is 0.318. The molecule has 0 aliphatic heterocycles. The molecule has 0 saturated heterocycles. The van der Waals surface area contributed by atoms with E-state index in [-0.39, 0.29) is 11.9 Å². The summed E-state index contributed by atoms with van der Waals surface area (Å²) >= 11 is 0. The van der Waals surface area contributed by atoms with Crippen molar-refractivity contribution in [3.8, 4) is 17.2 Å². The van der Waals surface area contributed by atoms with Crippen LogP contribution in [-0.4, -0.2) is 39.8 Å². The van der Waals surface area contributed by atoms with Crippen LogP contribution in [0.1, 0.15) is 42.1 Å². The Morgan fingerprint density at radius 1 is 0.935 bits per heavy atom. The van der Waals surface area contributed by atoms with Crippen molar-refractivity contribution in [2.45, 2.75) is 26.2 Å². The fraction of sp³-hybridized carbons (Fsp3) is 0.333. The summed E-state index contributed by atoms with van der Waals surface area (Å²) in [5.41, 5.74) is 1.73. The molecule has 7 heteroatoms. The fourth-order valence-corrected chi connectivity index (χ4v) is 2.84. The lowest BCUT2D eigenvalue weighted by molar-refractivity contribution is -0.111. The van der Waals surface area contributed by atoms with Gasteiger partial charge in [-0.25, -0.2) is 4.79 Å². The predicted octanol–water partition coefficient (Wildman–Crippen LogP) is 4.71. The van der Waals surface area contributed by atoms with Gasteiger partial charge in [-0.1, -0.05) is 19.8 Å². The number of hydrogen-bond donors (Lipinski definition) is 1. The Kier molecular flexibility index (Phi) is 9.42. The Labute approximate surface area is 183 Å². The number of carbonyl (C=O) groups excluding carboxylic acids is 2. The second kappa shape index (κ2) is 12.3. The van der Waals surface area contributed by atoms with Crippen molar-refractivity contribution in [2.75, 3.05) is 33.3 Å². The molecule has 1 N–H and O–H groups in total. The van der Waals surface area contributed by atoms with Gasteiger partial charge in [0.1, 0.15) is 0 Å². The standard InChI is InChI=1S/C24H29NO6/c1-5-6-7-14-31-24(27)18-9-11-19(12-10-18)25-22(26)13-8-17-15-20(28-2)23(30-4)21(16-17)29-3/h8-13,15-16H,5-7,14H2,1-4H3,(H,25,26)/b13-8+. The van der Waals surface area contributed by atoms with E-state index >= 15 is 0 Å². The molecule has 7 nitrogen and oxygen atoms in total. The van der Waals surface area contributed by atoms with E-state index in [2.05, 4.69) is 12.2 Å². The molecule has 0 spiro atoms. The molecular weight excluding hydrogens is 398 g/mol. The monoisotopic (exact) mass is 427 g/mol. The summed E-state index contributed by atoms with van der Waals surface area (Å²) in [4.78, 5) is 24.3. The number of amides is 1. The van der Waals surface area contributed by atoms with Crippen LogP contribution in [0.3, 0.4) is 0 Å². The van der Waals surface area contributed by atoms with E-state index in [1.807, 2.05) is 0 Å². The third kappa shape index (κ3) is 7.06. The van der Waals surface area contributed by atoms with Gasteiger partial charge in [0.05, 0.1) is 33.5 Å². The molecule has 0 bridgehead atoms. The van der Waals surface area contributed by atoms with E-state index < -0.39 is 0 Å². The molecule has 0 saturated carbocycles. The minimum Gasteiger partial charge on any atom is -0.493 e. The topological polar surface area (TPSA) is 83.1 Å². The van der Waals surface area contributed by atoms with Crippen LogP contribution in [0.25, 0.3) is 6.08 Å². The van der Waals surface area contributed by atoms with Gasteiger partial charge < -0.3 is 24.3 Å². The van der Waals surface area contributed by atoms with Gasteiger partial charge in [-0.2, -0.15) is 0 Å². The summed E-state index contributed by atoms with van der Waals surface area (Å²) in [5, 5.41) is 2.75. The van der Waals surface area contributed by atoms with Crippen LogP contribution in [0.5, 0.6) is 17.2 Å². The van der Waals surface area contributed by atoms with E-state index in [0.717, 1.165) is 19.3 Å². The third-order valence-electron chi connectivity index (χ3n) is 4.48. The normalized spacial score (nSPS) is 10.6. The lowest BCUT2D eigenvalue weighted by Gasteiger charge is -2.12. The Hall–Kier alpha value is -3.48. The molecule has 0 radical (unpaired) electrons. The van der Waals surface area contributed by atoms with Gasteiger partial charge in [-0.05, 0) is 54.5 Å². The van der Waals surface area contributed by atoms with Gasteiger partial charge in [-0.15, -0.1) is 0 Å². The van der Waals surface area contributed by atoms with Crippen molar-refractivity contribution in [1.82, 2.24) is 0 Å². The molecule has 31 heavy (non-hydrogen) atoms. The zero-order chi connectivity index (χ0) is 22.6. The molecule has 0 aliphatic rings. The number of anilines is 1. The lowest BCUT2D eigenvalue weighted by atomic mass is 10.1. The molecule has 2 rings (SSSR count). The van der Waals surface area contributed by atoms with Crippen LogP contribution in [0.2, 0.25) is 0 Å². The first-order chi connectivity index (χ1) is 15.0. The van der Waals surface area contributed by atoms with E-state index in [4.69, 9.17) is 18.9 Å². The number of rotatable bonds is 11. The molecule has 0 unspecified atom stereocenters. The molecule has 0 fully saturated rings. The highest BCUT2D eigenvalue weighted by Crippen LogP contribution is 2.38. The lowest BCUT2D eigenvalue weighted by Crippen LogP contribution is -2.09. The summed E-state index contributed by atoms with van der Waals surface area (Å²) in [6, 6.07) is 10.1. The van der Waals surface area contributed by atoms with E-state index in [9.17, 15) is 9.59 Å². The second-order valence-electron chi connectivity index (χ2n) is 6.70. The summed E-state index contributed by atoms with van der Waals surface area (Å²) in [7, 11) is 4.59. The number of unbranched alkanes of at least 4 members (excludes halogenated alkanes) is 2. The fourth-order valence-electron chi connectivity index (χ4n) is 2.84. The van der Waals surface area contributed by atoms with E-state index in [0.29, 0.717) is 40.7 Å². The third-order valence-corrected chi connectivity index (χ3v) is 4.48. The van der Waals surface area contributed by atoms with Crippen molar-refractivity contribution in [2.24, 2.45) is 0 Å². The zero-order valence-corrected chi connectivity index (χ0v) is 18.4. The maximum Gasteiger partial charge on any atom is 0.338 e. The van der Waals surface area contributed by atoms with Crippen molar-refractivity contribution < 1.29 is 28.5 Å². The number of methoxy groups -OCH3 is 3. The Bertz CT molecular complexity index is 880. The molecule has 0 aliphatic carbocycles. The highest BCUT2D eigenvalue weighted by atomic mass is 16.5. The Morgan fingerprint density at radius 3 is 2.13 bits per heavy atom. The van der Waals surface area contributed by atoms with Gasteiger partial charge in [0.25, 0.3) is 0 Å². The maximum atomic E-state index is 12.3. The van der Waals surface area contributed by atoms with Gasteiger partial charge in [0.15, 0.2) is 11.5 Å². The number of carbonyl (C=O) groups is 2. The van der Waals surface area contributed by atoms with Crippen molar-refractivity contribution in [1.29, 1.82) is 0 Å². The molecule has 2 aromatic carbocycles. The minimum absolute atomic E-state index is 0.316. The molecular formula is C24H29NO6. The highest BCUT2D eigenvalue weighted by molar-refractivity contribution is 6.02. The van der Waals surface area contributed by atoms with Crippen molar-refractivity contribution >= 4 is 23.6 Å². The molecule has 2 aromatic rings. The molecule has 0 atom stereocenters. The van der Waals surface area contributed by atoms with Crippen LogP contribution in [-0.2, 0) is 9.53 Å². The van der Waals surface area contributed by atoms with Gasteiger partial charge in [0.2, 0.25) is 11.7 Å². The SMILES string of the molecule is CCCCCOC(=O)c1ccc(NC(=O)/C=C/c2cc(OC)c(OC)c(OC)c2)cc1. The number of benzene rings is 2. The zero-order valence-electron chi connectivity index (χ0n) is 18.4. The van der Waals surface area contributed by atoms with E-state index in [1.54, 1.807) is 42.5 Å². The number of hydrogen-bond acceptors (Lipinski definition) is 6.